The van der Waals surface area contributed by atoms with Crippen molar-refractivity contribution >= 4 is 0 Å². The zero-order valence-electron chi connectivity index (χ0n) is 8.90. The van der Waals surface area contributed by atoms with Gasteiger partial charge in [-0.1, -0.05) is 26.3 Å². The molecule has 0 saturated heterocycles. The lowest BCUT2D eigenvalue weighted by atomic mass is 9.97. The van der Waals surface area contributed by atoms with E-state index in [1.165, 1.54) is 6.42 Å². The molecule has 0 spiro atoms. The minimum Gasteiger partial charge on any atom is -0.271 e. The summed E-state index contributed by atoms with van der Waals surface area (Å²) in [4.78, 5) is 4.29. The van der Waals surface area contributed by atoms with E-state index in [9.17, 15) is 0 Å². The van der Waals surface area contributed by atoms with E-state index in [0.717, 1.165) is 12.1 Å². The Morgan fingerprint density at radius 3 is 2.79 bits per heavy atom. The van der Waals surface area contributed by atoms with Gasteiger partial charge in [0.15, 0.2) is 0 Å². The molecule has 0 radical (unpaired) electrons. The van der Waals surface area contributed by atoms with Crippen LogP contribution in [0, 0.1) is 5.92 Å². The monoisotopic (exact) mass is 193 g/mol. The lowest BCUT2D eigenvalue weighted by molar-refractivity contribution is 0.401. The van der Waals surface area contributed by atoms with Crippen LogP contribution in [0.1, 0.15) is 38.4 Å². The fraction of sp³-hybridized carbons (Fsp3) is 0.545. The highest BCUT2D eigenvalue weighted by Gasteiger charge is 2.13. The van der Waals surface area contributed by atoms with Gasteiger partial charge in [-0.3, -0.25) is 16.3 Å². The van der Waals surface area contributed by atoms with Crippen LogP contribution in [-0.4, -0.2) is 4.98 Å². The SMILES string of the molecule is CCC(C)CC(NN)c1ccccn1. The summed E-state index contributed by atoms with van der Waals surface area (Å²) in [6, 6.07) is 6.09. The van der Waals surface area contributed by atoms with E-state index in [4.69, 9.17) is 5.84 Å². The molecule has 0 aliphatic rings. The number of aromatic nitrogens is 1. The Morgan fingerprint density at radius 1 is 1.50 bits per heavy atom. The summed E-state index contributed by atoms with van der Waals surface area (Å²) >= 11 is 0. The molecular formula is C11H19N3. The minimum atomic E-state index is 0.172. The maximum Gasteiger partial charge on any atom is 0.0634 e. The minimum absolute atomic E-state index is 0.172. The molecule has 14 heavy (non-hydrogen) atoms. The lowest BCUT2D eigenvalue weighted by Gasteiger charge is -2.18. The average molecular weight is 193 g/mol. The van der Waals surface area contributed by atoms with Crippen LogP contribution in [0.2, 0.25) is 0 Å². The van der Waals surface area contributed by atoms with Gasteiger partial charge in [0.1, 0.15) is 0 Å². The van der Waals surface area contributed by atoms with Crippen LogP contribution < -0.4 is 11.3 Å². The second kappa shape index (κ2) is 5.73. The maximum absolute atomic E-state index is 5.52. The molecule has 1 rings (SSSR count). The van der Waals surface area contributed by atoms with E-state index in [1.54, 1.807) is 6.20 Å². The second-order valence-corrected chi connectivity index (χ2v) is 3.72. The number of nitrogens with zero attached hydrogens (tertiary/aromatic N) is 1. The Hall–Kier alpha value is -0.930. The third-order valence-electron chi connectivity index (χ3n) is 2.58. The highest BCUT2D eigenvalue weighted by molar-refractivity contribution is 5.08. The number of rotatable bonds is 5. The van der Waals surface area contributed by atoms with Crippen molar-refractivity contribution in [3.63, 3.8) is 0 Å². The van der Waals surface area contributed by atoms with Gasteiger partial charge in [-0.15, -0.1) is 0 Å². The van der Waals surface area contributed by atoms with E-state index in [0.29, 0.717) is 5.92 Å². The van der Waals surface area contributed by atoms with Gasteiger partial charge in [0.2, 0.25) is 0 Å². The average Bonchev–Trinajstić information content (AvgIpc) is 2.26. The van der Waals surface area contributed by atoms with Crippen molar-refractivity contribution in [2.24, 2.45) is 11.8 Å². The third-order valence-corrected chi connectivity index (χ3v) is 2.58. The summed E-state index contributed by atoms with van der Waals surface area (Å²) in [5.41, 5.74) is 3.84. The smallest absolute Gasteiger partial charge is 0.0634 e. The Morgan fingerprint density at radius 2 is 2.29 bits per heavy atom. The number of hydrazine groups is 1. The van der Waals surface area contributed by atoms with Crippen LogP contribution in [0.5, 0.6) is 0 Å². The van der Waals surface area contributed by atoms with Gasteiger partial charge >= 0.3 is 0 Å². The first-order valence-corrected chi connectivity index (χ1v) is 5.15. The molecule has 1 aromatic heterocycles. The fourth-order valence-electron chi connectivity index (χ4n) is 1.43. The first-order valence-electron chi connectivity index (χ1n) is 5.15. The van der Waals surface area contributed by atoms with E-state index in [2.05, 4.69) is 24.3 Å². The lowest BCUT2D eigenvalue weighted by Crippen LogP contribution is -2.29. The van der Waals surface area contributed by atoms with Crippen molar-refractivity contribution in [3.8, 4) is 0 Å². The van der Waals surface area contributed by atoms with E-state index < -0.39 is 0 Å². The number of hydrogen-bond acceptors (Lipinski definition) is 3. The summed E-state index contributed by atoms with van der Waals surface area (Å²) in [6.07, 6.45) is 4.01. The van der Waals surface area contributed by atoms with E-state index in [-0.39, 0.29) is 6.04 Å². The van der Waals surface area contributed by atoms with Crippen LogP contribution >= 0.6 is 0 Å². The zero-order chi connectivity index (χ0) is 10.4. The van der Waals surface area contributed by atoms with Crippen molar-refractivity contribution in [2.75, 3.05) is 0 Å². The molecule has 0 amide bonds. The van der Waals surface area contributed by atoms with Crippen molar-refractivity contribution in [1.29, 1.82) is 0 Å². The molecular weight excluding hydrogens is 174 g/mol. The molecule has 0 aliphatic carbocycles. The molecule has 1 aromatic rings. The first kappa shape index (κ1) is 11.1. The molecule has 2 atom stereocenters. The zero-order valence-corrected chi connectivity index (χ0v) is 8.90. The molecule has 0 aromatic carbocycles. The topological polar surface area (TPSA) is 50.9 Å². The van der Waals surface area contributed by atoms with Crippen LogP contribution in [0.4, 0.5) is 0 Å². The van der Waals surface area contributed by atoms with Gasteiger partial charge in [-0.25, -0.2) is 0 Å². The van der Waals surface area contributed by atoms with E-state index in [1.807, 2.05) is 18.2 Å². The van der Waals surface area contributed by atoms with Crippen LogP contribution in [0.15, 0.2) is 24.4 Å². The normalized spacial score (nSPS) is 15.1. The quantitative estimate of drug-likeness (QED) is 0.555. The molecule has 1 heterocycles. The highest BCUT2D eigenvalue weighted by atomic mass is 15.2. The Kier molecular flexibility index (Phi) is 4.56. The predicted molar refractivity (Wildman–Crippen MR) is 58.4 cm³/mol. The summed E-state index contributed by atoms with van der Waals surface area (Å²) in [7, 11) is 0. The van der Waals surface area contributed by atoms with Crippen molar-refractivity contribution in [2.45, 2.75) is 32.7 Å². The van der Waals surface area contributed by atoms with Gasteiger partial charge in [-0.05, 0) is 24.5 Å². The first-order chi connectivity index (χ1) is 6.77. The van der Waals surface area contributed by atoms with Gasteiger partial charge in [0.25, 0.3) is 0 Å². The summed E-state index contributed by atoms with van der Waals surface area (Å²) in [5.74, 6) is 6.18. The number of hydrogen-bond donors (Lipinski definition) is 2. The number of nitrogens with two attached hydrogens (primary N) is 1. The molecule has 3 nitrogen and oxygen atoms in total. The molecule has 0 fully saturated rings. The summed E-state index contributed by atoms with van der Waals surface area (Å²) in [5, 5.41) is 0. The second-order valence-electron chi connectivity index (χ2n) is 3.72. The Labute approximate surface area is 85.7 Å². The molecule has 2 unspecified atom stereocenters. The number of pyridine rings is 1. The Balaban J connectivity index is 2.63. The van der Waals surface area contributed by atoms with Gasteiger partial charge in [0, 0.05) is 6.20 Å². The summed E-state index contributed by atoms with van der Waals surface area (Å²) < 4.78 is 0. The van der Waals surface area contributed by atoms with E-state index >= 15 is 0 Å². The summed E-state index contributed by atoms with van der Waals surface area (Å²) in [6.45, 7) is 4.42. The predicted octanol–water partition coefficient (Wildman–Crippen LogP) is 2.02. The van der Waals surface area contributed by atoms with Gasteiger partial charge in [-0.2, -0.15) is 0 Å². The van der Waals surface area contributed by atoms with Gasteiger partial charge < -0.3 is 0 Å². The van der Waals surface area contributed by atoms with Crippen LogP contribution in [0.25, 0.3) is 0 Å². The maximum atomic E-state index is 5.52. The highest BCUT2D eigenvalue weighted by Crippen LogP contribution is 2.20. The van der Waals surface area contributed by atoms with Crippen LogP contribution in [0.3, 0.4) is 0 Å². The third kappa shape index (κ3) is 3.09. The van der Waals surface area contributed by atoms with Crippen molar-refractivity contribution < 1.29 is 0 Å². The Bertz CT molecular complexity index is 248. The molecule has 0 saturated carbocycles. The van der Waals surface area contributed by atoms with Crippen LogP contribution in [-0.2, 0) is 0 Å². The van der Waals surface area contributed by atoms with Gasteiger partial charge in [0.05, 0.1) is 11.7 Å². The largest absolute Gasteiger partial charge is 0.271 e. The fourth-order valence-corrected chi connectivity index (χ4v) is 1.43. The standard InChI is InChI=1S/C11H19N3/c1-3-9(2)8-11(14-12)10-6-4-5-7-13-10/h4-7,9,11,14H,3,8,12H2,1-2H3. The molecule has 78 valence electrons. The molecule has 3 heteroatoms. The van der Waals surface area contributed by atoms with Crippen molar-refractivity contribution in [3.05, 3.63) is 30.1 Å². The van der Waals surface area contributed by atoms with Crippen molar-refractivity contribution in [1.82, 2.24) is 10.4 Å². The molecule has 0 bridgehead atoms. The number of nitrogens with one attached hydrogen (secondary N) is 1. The molecule has 3 N–H and O–H groups in total. The molecule has 0 aliphatic heterocycles.